The van der Waals surface area contributed by atoms with Gasteiger partial charge in [-0.3, -0.25) is 0 Å². The summed E-state index contributed by atoms with van der Waals surface area (Å²) in [5, 5.41) is 0. The minimum atomic E-state index is 0.184. The average molecular weight is 178 g/mol. The predicted molar refractivity (Wildman–Crippen MR) is 49.6 cm³/mol. The second-order valence-electron chi connectivity index (χ2n) is 2.61. The van der Waals surface area contributed by atoms with Crippen molar-refractivity contribution in [3.63, 3.8) is 0 Å². The molecule has 0 unspecified atom stereocenters. The van der Waals surface area contributed by atoms with Crippen LogP contribution in [0.3, 0.4) is 0 Å². The molecule has 2 N–H and O–H groups in total. The van der Waals surface area contributed by atoms with Gasteiger partial charge in [-0.15, -0.1) is 0 Å². The fourth-order valence-electron chi connectivity index (χ4n) is 1.18. The Morgan fingerprint density at radius 3 is 3.15 bits per heavy atom. The molecule has 4 nitrogen and oxygen atoms in total. The predicted octanol–water partition coefficient (Wildman–Crippen LogP) is 1.81. The molecule has 0 saturated carbocycles. The zero-order chi connectivity index (χ0) is 9.26. The summed E-state index contributed by atoms with van der Waals surface area (Å²) < 4.78 is 10.4. The summed E-state index contributed by atoms with van der Waals surface area (Å²) in [5.41, 5.74) is 6.80. The molecular formula is C9H10N2O2. The van der Waals surface area contributed by atoms with E-state index < -0.39 is 0 Å². The van der Waals surface area contributed by atoms with Crippen LogP contribution in [-0.2, 0) is 0 Å². The highest BCUT2D eigenvalue weighted by molar-refractivity contribution is 5.75. The lowest BCUT2D eigenvalue weighted by molar-refractivity contribution is 0.340. The van der Waals surface area contributed by atoms with E-state index in [0.717, 1.165) is 11.3 Å². The summed E-state index contributed by atoms with van der Waals surface area (Å²) in [6.07, 6.45) is 0. The van der Waals surface area contributed by atoms with Crippen LogP contribution in [0.15, 0.2) is 22.6 Å². The number of nitrogen functional groups attached to an aromatic ring is 1. The molecule has 68 valence electrons. The number of fused-ring (bicyclic) bond motifs is 1. The van der Waals surface area contributed by atoms with Crippen molar-refractivity contribution in [1.82, 2.24) is 4.98 Å². The van der Waals surface area contributed by atoms with Gasteiger partial charge in [0.1, 0.15) is 11.3 Å². The van der Waals surface area contributed by atoms with E-state index in [2.05, 4.69) is 4.98 Å². The molecule has 0 aliphatic rings. The summed E-state index contributed by atoms with van der Waals surface area (Å²) in [6, 6.07) is 5.61. The topological polar surface area (TPSA) is 61.3 Å². The lowest BCUT2D eigenvalue weighted by atomic mass is 10.3. The number of anilines is 1. The fraction of sp³-hybridized carbons (Fsp3) is 0.222. The van der Waals surface area contributed by atoms with Crippen LogP contribution < -0.4 is 10.5 Å². The van der Waals surface area contributed by atoms with Crippen LogP contribution in [0, 0.1) is 0 Å². The van der Waals surface area contributed by atoms with Crippen LogP contribution in [0.1, 0.15) is 6.92 Å². The van der Waals surface area contributed by atoms with Gasteiger partial charge < -0.3 is 14.9 Å². The maximum Gasteiger partial charge on any atom is 0.292 e. The molecule has 0 saturated heterocycles. The minimum Gasteiger partial charge on any atom is -0.494 e. The summed E-state index contributed by atoms with van der Waals surface area (Å²) >= 11 is 0. The molecule has 0 spiro atoms. The molecule has 1 aromatic carbocycles. The highest BCUT2D eigenvalue weighted by Gasteiger charge is 2.03. The maximum absolute atomic E-state index is 5.40. The smallest absolute Gasteiger partial charge is 0.292 e. The van der Waals surface area contributed by atoms with E-state index in [1.807, 2.05) is 13.0 Å². The Labute approximate surface area is 75.3 Å². The number of rotatable bonds is 2. The molecule has 0 aliphatic carbocycles. The number of nitrogens with zero attached hydrogens (tertiary/aromatic N) is 1. The number of oxazole rings is 1. The number of benzene rings is 1. The lowest BCUT2D eigenvalue weighted by Gasteiger charge is -2.00. The quantitative estimate of drug-likeness (QED) is 0.761. The highest BCUT2D eigenvalue weighted by atomic mass is 16.5. The van der Waals surface area contributed by atoms with Crippen LogP contribution >= 0.6 is 0 Å². The second-order valence-corrected chi connectivity index (χ2v) is 2.61. The van der Waals surface area contributed by atoms with Crippen molar-refractivity contribution in [1.29, 1.82) is 0 Å². The van der Waals surface area contributed by atoms with Crippen LogP contribution in [0.5, 0.6) is 5.75 Å². The first-order valence-electron chi connectivity index (χ1n) is 4.08. The van der Waals surface area contributed by atoms with Gasteiger partial charge in [-0.2, -0.15) is 4.98 Å². The largest absolute Gasteiger partial charge is 0.494 e. The first-order chi connectivity index (χ1) is 6.29. The molecule has 0 bridgehead atoms. The molecule has 0 radical (unpaired) electrons. The van der Waals surface area contributed by atoms with E-state index in [9.17, 15) is 0 Å². The third-order valence-corrected chi connectivity index (χ3v) is 1.69. The van der Waals surface area contributed by atoms with Gasteiger partial charge in [-0.25, -0.2) is 0 Å². The third-order valence-electron chi connectivity index (χ3n) is 1.69. The second kappa shape index (κ2) is 2.97. The van der Waals surface area contributed by atoms with E-state index in [4.69, 9.17) is 14.9 Å². The van der Waals surface area contributed by atoms with Crippen molar-refractivity contribution >= 4 is 17.1 Å². The summed E-state index contributed by atoms with van der Waals surface area (Å²) in [4.78, 5) is 3.99. The first kappa shape index (κ1) is 7.91. The Kier molecular flexibility index (Phi) is 1.81. The molecule has 0 atom stereocenters. The van der Waals surface area contributed by atoms with Crippen LogP contribution in [-0.4, -0.2) is 11.6 Å². The standard InChI is InChI=1S/C9H10N2O2/c1-2-12-6-3-4-8-7(5-6)11-9(10)13-8/h3-5H,2H2,1H3,(H2,10,11). The summed E-state index contributed by atoms with van der Waals surface area (Å²) in [5.74, 6) is 0.781. The summed E-state index contributed by atoms with van der Waals surface area (Å²) in [7, 11) is 0. The number of hydrogen-bond acceptors (Lipinski definition) is 4. The van der Waals surface area contributed by atoms with E-state index in [1.54, 1.807) is 12.1 Å². The van der Waals surface area contributed by atoms with Crippen LogP contribution in [0.4, 0.5) is 6.01 Å². The molecular weight excluding hydrogens is 168 g/mol. The molecule has 1 aromatic heterocycles. The molecule has 4 heteroatoms. The lowest BCUT2D eigenvalue weighted by Crippen LogP contribution is -1.90. The Morgan fingerprint density at radius 1 is 1.54 bits per heavy atom. The Bertz CT molecular complexity index is 422. The Balaban J connectivity index is 2.48. The molecule has 2 aromatic rings. The van der Waals surface area contributed by atoms with Crippen molar-refractivity contribution in [2.24, 2.45) is 0 Å². The molecule has 0 aliphatic heterocycles. The molecule has 2 rings (SSSR count). The number of hydrogen-bond donors (Lipinski definition) is 1. The zero-order valence-electron chi connectivity index (χ0n) is 7.28. The highest BCUT2D eigenvalue weighted by Crippen LogP contribution is 2.21. The van der Waals surface area contributed by atoms with Gasteiger partial charge in [0, 0.05) is 6.07 Å². The number of ether oxygens (including phenoxy) is 1. The van der Waals surface area contributed by atoms with E-state index >= 15 is 0 Å². The van der Waals surface area contributed by atoms with Gasteiger partial charge in [0.15, 0.2) is 5.58 Å². The van der Waals surface area contributed by atoms with E-state index in [0.29, 0.717) is 12.2 Å². The van der Waals surface area contributed by atoms with Crippen molar-refractivity contribution in [2.45, 2.75) is 6.92 Å². The summed E-state index contributed by atoms with van der Waals surface area (Å²) in [6.45, 7) is 2.57. The Morgan fingerprint density at radius 2 is 2.38 bits per heavy atom. The molecule has 1 heterocycles. The molecule has 0 amide bonds. The van der Waals surface area contributed by atoms with Crippen molar-refractivity contribution in [2.75, 3.05) is 12.3 Å². The van der Waals surface area contributed by atoms with Gasteiger partial charge in [0.05, 0.1) is 6.61 Å². The minimum absolute atomic E-state index is 0.184. The van der Waals surface area contributed by atoms with E-state index in [1.165, 1.54) is 0 Å². The zero-order valence-corrected chi connectivity index (χ0v) is 7.28. The first-order valence-corrected chi connectivity index (χ1v) is 4.08. The van der Waals surface area contributed by atoms with E-state index in [-0.39, 0.29) is 6.01 Å². The monoisotopic (exact) mass is 178 g/mol. The molecule has 13 heavy (non-hydrogen) atoms. The van der Waals surface area contributed by atoms with Crippen LogP contribution in [0.2, 0.25) is 0 Å². The van der Waals surface area contributed by atoms with Gasteiger partial charge in [-0.1, -0.05) is 0 Å². The van der Waals surface area contributed by atoms with Crippen molar-refractivity contribution in [3.05, 3.63) is 18.2 Å². The van der Waals surface area contributed by atoms with Gasteiger partial charge in [0.2, 0.25) is 0 Å². The molecule has 0 fully saturated rings. The average Bonchev–Trinajstić information content (AvgIpc) is 2.44. The number of aromatic nitrogens is 1. The van der Waals surface area contributed by atoms with Gasteiger partial charge in [-0.05, 0) is 19.1 Å². The van der Waals surface area contributed by atoms with Gasteiger partial charge in [0.25, 0.3) is 6.01 Å². The SMILES string of the molecule is CCOc1ccc2oc(N)nc2c1. The van der Waals surface area contributed by atoms with Crippen molar-refractivity contribution < 1.29 is 9.15 Å². The maximum atomic E-state index is 5.40. The van der Waals surface area contributed by atoms with Crippen LogP contribution in [0.25, 0.3) is 11.1 Å². The Hall–Kier alpha value is -1.71. The number of nitrogens with two attached hydrogens (primary N) is 1. The fourth-order valence-corrected chi connectivity index (χ4v) is 1.18. The third kappa shape index (κ3) is 1.42. The normalized spacial score (nSPS) is 10.5. The van der Waals surface area contributed by atoms with Gasteiger partial charge >= 0.3 is 0 Å². The van der Waals surface area contributed by atoms with Crippen molar-refractivity contribution in [3.8, 4) is 5.75 Å².